The van der Waals surface area contributed by atoms with Crippen LogP contribution < -0.4 is 4.90 Å². The Morgan fingerprint density at radius 3 is 2.76 bits per heavy atom. The maximum Gasteiger partial charge on any atom is 0.213 e. The van der Waals surface area contributed by atoms with E-state index in [4.69, 9.17) is 4.98 Å². The Kier molecular flexibility index (Phi) is 3.06. The van der Waals surface area contributed by atoms with Gasteiger partial charge in [-0.15, -0.1) is 10.2 Å². The van der Waals surface area contributed by atoms with E-state index >= 15 is 0 Å². The maximum absolute atomic E-state index is 4.90. The molecule has 1 saturated heterocycles. The van der Waals surface area contributed by atoms with E-state index < -0.39 is 0 Å². The van der Waals surface area contributed by atoms with Crippen molar-refractivity contribution in [3.63, 3.8) is 0 Å². The van der Waals surface area contributed by atoms with Crippen LogP contribution in [0, 0.1) is 6.92 Å². The van der Waals surface area contributed by atoms with E-state index in [1.807, 2.05) is 4.40 Å². The number of halogens is 1. The van der Waals surface area contributed by atoms with Crippen molar-refractivity contribution >= 4 is 38.4 Å². The van der Waals surface area contributed by atoms with Gasteiger partial charge in [0.25, 0.3) is 0 Å². The fraction of sp³-hybridized carbons (Fsp3) is 0.400. The van der Waals surface area contributed by atoms with Crippen LogP contribution in [0.3, 0.4) is 0 Å². The zero-order valence-electron chi connectivity index (χ0n) is 11.9. The second-order valence-corrected chi connectivity index (χ2v) is 6.48. The minimum Gasteiger partial charge on any atom is -0.342 e. The van der Waals surface area contributed by atoms with E-state index in [0.29, 0.717) is 0 Å². The van der Waals surface area contributed by atoms with E-state index in [9.17, 15) is 0 Å². The second-order valence-electron chi connectivity index (χ2n) is 5.63. The number of nitrogens with zero attached hydrogens (tertiary/aromatic N) is 5. The molecule has 1 fully saturated rings. The highest BCUT2D eigenvalue weighted by Gasteiger charge is 2.19. The van der Waals surface area contributed by atoms with Crippen LogP contribution in [-0.2, 0) is 0 Å². The molecule has 0 N–H and O–H groups in total. The van der Waals surface area contributed by atoms with Crippen LogP contribution in [0.2, 0.25) is 0 Å². The Morgan fingerprint density at radius 1 is 1.14 bits per heavy atom. The van der Waals surface area contributed by atoms with Gasteiger partial charge in [-0.25, -0.2) is 4.98 Å². The van der Waals surface area contributed by atoms with Crippen LogP contribution in [0.15, 0.2) is 22.9 Å². The summed E-state index contributed by atoms with van der Waals surface area (Å²) in [6, 6.07) is 4.22. The summed E-state index contributed by atoms with van der Waals surface area (Å²) in [7, 11) is 0. The molecule has 0 spiro atoms. The summed E-state index contributed by atoms with van der Waals surface area (Å²) in [6.45, 7) is 4.18. The first kappa shape index (κ1) is 13.0. The first-order valence-electron chi connectivity index (χ1n) is 7.28. The Morgan fingerprint density at radius 2 is 1.95 bits per heavy atom. The van der Waals surface area contributed by atoms with Gasteiger partial charge in [0.05, 0.1) is 5.52 Å². The van der Waals surface area contributed by atoms with Crippen LogP contribution in [0.4, 0.5) is 5.95 Å². The Labute approximate surface area is 131 Å². The molecule has 0 aliphatic carbocycles. The molecule has 1 aliphatic rings. The summed E-state index contributed by atoms with van der Waals surface area (Å²) in [4.78, 5) is 7.24. The van der Waals surface area contributed by atoms with Gasteiger partial charge in [-0.3, -0.25) is 4.40 Å². The second kappa shape index (κ2) is 4.94. The molecule has 6 heteroatoms. The van der Waals surface area contributed by atoms with Gasteiger partial charge in [0.2, 0.25) is 5.95 Å². The quantitative estimate of drug-likeness (QED) is 0.678. The number of aryl methyl sites for hydroxylation is 1. The highest BCUT2D eigenvalue weighted by Crippen LogP contribution is 2.30. The zero-order valence-corrected chi connectivity index (χ0v) is 13.5. The highest BCUT2D eigenvalue weighted by molar-refractivity contribution is 9.10. The van der Waals surface area contributed by atoms with Gasteiger partial charge in [0, 0.05) is 22.9 Å². The summed E-state index contributed by atoms with van der Waals surface area (Å²) < 4.78 is 3.03. The Hall–Kier alpha value is -1.69. The maximum atomic E-state index is 4.90. The average Bonchev–Trinajstić information content (AvgIpc) is 2.97. The van der Waals surface area contributed by atoms with Gasteiger partial charge in [-0.1, -0.05) is 0 Å². The van der Waals surface area contributed by atoms with Crippen molar-refractivity contribution in [2.75, 3.05) is 18.0 Å². The number of aromatic nitrogens is 4. The molecule has 0 saturated carbocycles. The van der Waals surface area contributed by atoms with Crippen LogP contribution in [0.25, 0.3) is 16.6 Å². The predicted molar refractivity (Wildman–Crippen MR) is 86.8 cm³/mol. The summed E-state index contributed by atoms with van der Waals surface area (Å²) in [5.74, 6) is 0.951. The van der Waals surface area contributed by atoms with Gasteiger partial charge < -0.3 is 4.90 Å². The smallest absolute Gasteiger partial charge is 0.213 e. The Bertz CT molecular complexity index is 820. The van der Waals surface area contributed by atoms with Crippen molar-refractivity contribution in [3.8, 4) is 0 Å². The monoisotopic (exact) mass is 345 g/mol. The lowest BCUT2D eigenvalue weighted by Gasteiger charge is -2.28. The molecule has 1 aromatic carbocycles. The predicted octanol–water partition coefficient (Wildman–Crippen LogP) is 3.34. The number of fused-ring (bicyclic) bond motifs is 3. The molecule has 0 amide bonds. The number of hydrogen-bond donors (Lipinski definition) is 0. The van der Waals surface area contributed by atoms with Crippen molar-refractivity contribution in [2.24, 2.45) is 0 Å². The van der Waals surface area contributed by atoms with Crippen LogP contribution in [0.1, 0.15) is 24.8 Å². The van der Waals surface area contributed by atoms with Gasteiger partial charge in [0.15, 0.2) is 5.65 Å². The number of hydrogen-bond acceptors (Lipinski definition) is 4. The molecule has 21 heavy (non-hydrogen) atoms. The van der Waals surface area contributed by atoms with E-state index in [-0.39, 0.29) is 0 Å². The van der Waals surface area contributed by atoms with E-state index in [1.165, 1.54) is 24.8 Å². The number of anilines is 1. The lowest BCUT2D eigenvalue weighted by atomic mass is 10.1. The first-order valence-corrected chi connectivity index (χ1v) is 8.08. The summed E-state index contributed by atoms with van der Waals surface area (Å²) >= 11 is 3.64. The normalized spacial score (nSPS) is 16.0. The van der Waals surface area contributed by atoms with E-state index in [2.05, 4.69) is 50.1 Å². The van der Waals surface area contributed by atoms with Gasteiger partial charge >= 0.3 is 0 Å². The molecule has 108 valence electrons. The molecule has 0 atom stereocenters. The van der Waals surface area contributed by atoms with Gasteiger partial charge in [-0.05, 0) is 59.8 Å². The molecule has 3 heterocycles. The molecule has 2 aromatic heterocycles. The van der Waals surface area contributed by atoms with Crippen molar-refractivity contribution < 1.29 is 0 Å². The van der Waals surface area contributed by atoms with Gasteiger partial charge in [-0.2, -0.15) is 0 Å². The van der Waals surface area contributed by atoms with E-state index in [0.717, 1.165) is 40.1 Å². The summed E-state index contributed by atoms with van der Waals surface area (Å²) in [5.41, 5.74) is 3.03. The molecule has 4 rings (SSSR count). The average molecular weight is 346 g/mol. The van der Waals surface area contributed by atoms with Crippen molar-refractivity contribution in [1.29, 1.82) is 0 Å². The molecule has 3 aromatic rings. The fourth-order valence-electron chi connectivity index (χ4n) is 3.05. The first-order chi connectivity index (χ1) is 10.2. The highest BCUT2D eigenvalue weighted by atomic mass is 79.9. The third-order valence-corrected chi connectivity index (χ3v) is 4.67. The minimum atomic E-state index is 0.880. The minimum absolute atomic E-state index is 0.880. The molecule has 0 bridgehead atoms. The number of benzene rings is 1. The van der Waals surface area contributed by atoms with Crippen LogP contribution in [0.5, 0.6) is 0 Å². The topological polar surface area (TPSA) is 46.3 Å². The molecule has 5 nitrogen and oxygen atoms in total. The number of rotatable bonds is 1. The summed E-state index contributed by atoms with van der Waals surface area (Å²) in [6.07, 6.45) is 5.51. The lowest BCUT2D eigenvalue weighted by Crippen LogP contribution is -2.31. The fourth-order valence-corrected chi connectivity index (χ4v) is 3.72. The SMILES string of the molecule is Cc1cc(Br)c2nc(N3CCCCC3)n3cnnc3c2c1. The molecule has 0 unspecified atom stereocenters. The number of piperidine rings is 1. The molecular weight excluding hydrogens is 330 g/mol. The van der Waals surface area contributed by atoms with Crippen molar-refractivity contribution in [3.05, 3.63) is 28.5 Å². The molecule has 0 radical (unpaired) electrons. The third-order valence-electron chi connectivity index (χ3n) is 4.06. The molecular formula is C15H16BrN5. The summed E-state index contributed by atoms with van der Waals surface area (Å²) in [5, 5.41) is 9.45. The van der Waals surface area contributed by atoms with Crippen molar-refractivity contribution in [1.82, 2.24) is 19.6 Å². The van der Waals surface area contributed by atoms with Gasteiger partial charge in [0.1, 0.15) is 6.33 Å². The zero-order chi connectivity index (χ0) is 14.4. The Balaban J connectivity index is 2.03. The van der Waals surface area contributed by atoms with Crippen LogP contribution >= 0.6 is 15.9 Å². The molecule has 1 aliphatic heterocycles. The lowest BCUT2D eigenvalue weighted by molar-refractivity contribution is 0.567. The van der Waals surface area contributed by atoms with Crippen molar-refractivity contribution in [2.45, 2.75) is 26.2 Å². The van der Waals surface area contributed by atoms with Crippen LogP contribution in [-0.4, -0.2) is 32.7 Å². The van der Waals surface area contributed by atoms with E-state index in [1.54, 1.807) is 6.33 Å². The standard InChI is InChI=1S/C15H16BrN5/c1-10-7-11-13(12(16)8-10)18-15(20-5-3-2-4-6-20)21-9-17-19-14(11)21/h7-9H,2-6H2,1H3. The largest absolute Gasteiger partial charge is 0.342 e. The third kappa shape index (κ3) is 2.09.